The van der Waals surface area contributed by atoms with Crippen LogP contribution in [0.2, 0.25) is 5.02 Å². The fraction of sp³-hybridized carbons (Fsp3) is 0.133. The molecule has 2 aromatic carbocycles. The second-order valence-electron chi connectivity index (χ2n) is 4.13. The van der Waals surface area contributed by atoms with Crippen molar-refractivity contribution in [2.24, 2.45) is 0 Å². The molecule has 1 amide bonds. The van der Waals surface area contributed by atoms with Crippen molar-refractivity contribution in [2.75, 3.05) is 11.9 Å². The van der Waals surface area contributed by atoms with E-state index in [1.54, 1.807) is 24.3 Å². The monoisotopic (exact) mass is 311 g/mol. The minimum absolute atomic E-state index is 0.151. The van der Waals surface area contributed by atoms with E-state index in [1.165, 1.54) is 0 Å². The van der Waals surface area contributed by atoms with Gasteiger partial charge >= 0.3 is 0 Å². The number of carbonyl (C=O) groups excluding carboxylic acids is 1. The summed E-state index contributed by atoms with van der Waals surface area (Å²) in [4.78, 5) is 12.1. The molecule has 0 atom stereocenters. The van der Waals surface area contributed by atoms with Gasteiger partial charge in [0.1, 0.15) is 5.75 Å². The Balaban J connectivity index is 2.28. The number of benzene rings is 2. The van der Waals surface area contributed by atoms with Crippen LogP contribution in [0.3, 0.4) is 0 Å². The summed E-state index contributed by atoms with van der Waals surface area (Å²) in [7, 11) is 0. The Morgan fingerprint density at radius 1 is 1.24 bits per heavy atom. The Labute approximate surface area is 125 Å². The zero-order chi connectivity index (χ0) is 15.4. The number of amides is 1. The van der Waals surface area contributed by atoms with E-state index in [-0.39, 0.29) is 10.6 Å². The molecule has 0 radical (unpaired) electrons. The number of anilines is 1. The first-order valence-corrected chi connectivity index (χ1v) is 6.58. The van der Waals surface area contributed by atoms with Gasteiger partial charge in [-0.3, -0.25) is 4.79 Å². The lowest BCUT2D eigenvalue weighted by atomic mass is 10.2. The Kier molecular flexibility index (Phi) is 4.75. The molecule has 0 aliphatic rings. The van der Waals surface area contributed by atoms with Gasteiger partial charge in [-0.05, 0) is 31.2 Å². The third-order valence-electron chi connectivity index (χ3n) is 2.69. The van der Waals surface area contributed by atoms with Gasteiger partial charge in [-0.25, -0.2) is 8.78 Å². The molecule has 110 valence electrons. The van der Waals surface area contributed by atoms with E-state index in [0.29, 0.717) is 18.0 Å². The van der Waals surface area contributed by atoms with E-state index in [9.17, 15) is 13.6 Å². The predicted molar refractivity (Wildman–Crippen MR) is 76.9 cm³/mol. The molecular formula is C15H12ClF2NO2. The zero-order valence-corrected chi connectivity index (χ0v) is 11.9. The van der Waals surface area contributed by atoms with E-state index >= 15 is 0 Å². The Morgan fingerprint density at radius 2 is 1.90 bits per heavy atom. The summed E-state index contributed by atoms with van der Waals surface area (Å²) in [6, 6.07) is 8.31. The van der Waals surface area contributed by atoms with Gasteiger partial charge in [0, 0.05) is 0 Å². The standard InChI is InChI=1S/C15H12ClF2NO2/c1-2-21-14-6-4-3-5-13(14)19-15(20)9-7-11(17)12(18)8-10(9)16/h3-8H,2H2,1H3,(H,19,20). The number of carbonyl (C=O) groups is 1. The highest BCUT2D eigenvalue weighted by atomic mass is 35.5. The largest absolute Gasteiger partial charge is 0.492 e. The average Bonchev–Trinajstić information content (AvgIpc) is 2.45. The molecule has 0 fully saturated rings. The van der Waals surface area contributed by atoms with Crippen LogP contribution in [0.15, 0.2) is 36.4 Å². The van der Waals surface area contributed by atoms with Crippen molar-refractivity contribution < 1.29 is 18.3 Å². The number of hydrogen-bond donors (Lipinski definition) is 1. The summed E-state index contributed by atoms with van der Waals surface area (Å²) < 4.78 is 31.6. The molecule has 21 heavy (non-hydrogen) atoms. The summed E-state index contributed by atoms with van der Waals surface area (Å²) in [5, 5.41) is 2.40. The summed E-state index contributed by atoms with van der Waals surface area (Å²) in [6.07, 6.45) is 0. The van der Waals surface area contributed by atoms with Crippen molar-refractivity contribution in [3.05, 3.63) is 58.6 Å². The molecule has 0 bridgehead atoms. The van der Waals surface area contributed by atoms with Crippen LogP contribution in [0.1, 0.15) is 17.3 Å². The molecule has 2 aromatic rings. The van der Waals surface area contributed by atoms with Gasteiger partial charge in [-0.1, -0.05) is 23.7 Å². The zero-order valence-electron chi connectivity index (χ0n) is 11.1. The first-order chi connectivity index (χ1) is 10.0. The van der Waals surface area contributed by atoms with E-state index in [4.69, 9.17) is 16.3 Å². The fourth-order valence-electron chi connectivity index (χ4n) is 1.74. The molecule has 1 N–H and O–H groups in total. The van der Waals surface area contributed by atoms with Crippen LogP contribution in [-0.4, -0.2) is 12.5 Å². The number of hydrogen-bond acceptors (Lipinski definition) is 2. The second-order valence-corrected chi connectivity index (χ2v) is 4.54. The topological polar surface area (TPSA) is 38.3 Å². The quantitative estimate of drug-likeness (QED) is 0.856. The Morgan fingerprint density at radius 3 is 2.62 bits per heavy atom. The maximum Gasteiger partial charge on any atom is 0.257 e. The number of ether oxygens (including phenoxy) is 1. The van der Waals surface area contributed by atoms with Gasteiger partial charge in [0.2, 0.25) is 0 Å². The summed E-state index contributed by atoms with van der Waals surface area (Å²) in [5.41, 5.74) is 0.270. The molecule has 6 heteroatoms. The lowest BCUT2D eigenvalue weighted by Gasteiger charge is -2.12. The summed E-state index contributed by atoms with van der Waals surface area (Å²) in [5.74, 6) is -2.41. The number of rotatable bonds is 4. The molecule has 0 aliphatic carbocycles. The van der Waals surface area contributed by atoms with E-state index < -0.39 is 17.5 Å². The van der Waals surface area contributed by atoms with Crippen LogP contribution in [-0.2, 0) is 0 Å². The van der Waals surface area contributed by atoms with Crippen LogP contribution >= 0.6 is 11.6 Å². The molecule has 0 aliphatic heterocycles. The number of para-hydroxylation sites is 2. The minimum Gasteiger partial charge on any atom is -0.492 e. The van der Waals surface area contributed by atoms with Crippen molar-refractivity contribution in [3.63, 3.8) is 0 Å². The number of nitrogens with one attached hydrogen (secondary N) is 1. The van der Waals surface area contributed by atoms with Gasteiger partial charge < -0.3 is 10.1 Å². The molecule has 0 aromatic heterocycles. The lowest BCUT2D eigenvalue weighted by molar-refractivity contribution is 0.102. The summed E-state index contributed by atoms with van der Waals surface area (Å²) in [6.45, 7) is 2.24. The highest BCUT2D eigenvalue weighted by Gasteiger charge is 2.16. The third-order valence-corrected chi connectivity index (χ3v) is 3.00. The molecule has 0 heterocycles. The number of halogens is 3. The smallest absolute Gasteiger partial charge is 0.257 e. The van der Waals surface area contributed by atoms with E-state index in [1.807, 2.05) is 6.92 Å². The van der Waals surface area contributed by atoms with Gasteiger partial charge in [0.05, 0.1) is 22.9 Å². The molecule has 2 rings (SSSR count). The van der Waals surface area contributed by atoms with Gasteiger partial charge in [-0.15, -0.1) is 0 Å². The molecule has 0 unspecified atom stereocenters. The lowest BCUT2D eigenvalue weighted by Crippen LogP contribution is -2.14. The van der Waals surface area contributed by atoms with Crippen LogP contribution in [0.25, 0.3) is 0 Å². The van der Waals surface area contributed by atoms with Crippen LogP contribution in [0.4, 0.5) is 14.5 Å². The molecule has 0 saturated heterocycles. The van der Waals surface area contributed by atoms with Crippen LogP contribution in [0.5, 0.6) is 5.75 Å². The van der Waals surface area contributed by atoms with Gasteiger partial charge in [0.15, 0.2) is 11.6 Å². The second kappa shape index (κ2) is 6.54. The van der Waals surface area contributed by atoms with Crippen LogP contribution in [0, 0.1) is 11.6 Å². The van der Waals surface area contributed by atoms with Gasteiger partial charge in [0.25, 0.3) is 5.91 Å². The summed E-state index contributed by atoms with van der Waals surface area (Å²) >= 11 is 5.76. The first kappa shape index (κ1) is 15.3. The maximum absolute atomic E-state index is 13.2. The van der Waals surface area contributed by atoms with Crippen molar-refractivity contribution in [1.82, 2.24) is 0 Å². The molecule has 3 nitrogen and oxygen atoms in total. The van der Waals surface area contributed by atoms with Crippen molar-refractivity contribution in [3.8, 4) is 5.75 Å². The Hall–Kier alpha value is -2.14. The Bertz CT molecular complexity index is 677. The normalized spacial score (nSPS) is 10.3. The third kappa shape index (κ3) is 3.49. The fourth-order valence-corrected chi connectivity index (χ4v) is 1.97. The SMILES string of the molecule is CCOc1ccccc1NC(=O)c1cc(F)c(F)cc1Cl. The highest BCUT2D eigenvalue weighted by Crippen LogP contribution is 2.26. The highest BCUT2D eigenvalue weighted by molar-refractivity contribution is 6.34. The van der Waals surface area contributed by atoms with Gasteiger partial charge in [-0.2, -0.15) is 0 Å². The molecule has 0 saturated carbocycles. The maximum atomic E-state index is 13.2. The first-order valence-electron chi connectivity index (χ1n) is 6.20. The predicted octanol–water partition coefficient (Wildman–Crippen LogP) is 4.27. The molecular weight excluding hydrogens is 300 g/mol. The average molecular weight is 312 g/mol. The van der Waals surface area contributed by atoms with Crippen molar-refractivity contribution in [2.45, 2.75) is 6.92 Å². The van der Waals surface area contributed by atoms with E-state index in [2.05, 4.69) is 5.32 Å². The van der Waals surface area contributed by atoms with Crippen molar-refractivity contribution >= 4 is 23.2 Å². The van der Waals surface area contributed by atoms with Crippen LogP contribution < -0.4 is 10.1 Å². The van der Waals surface area contributed by atoms with Crippen molar-refractivity contribution in [1.29, 1.82) is 0 Å². The molecule has 0 spiro atoms. The van der Waals surface area contributed by atoms with E-state index in [0.717, 1.165) is 12.1 Å². The minimum atomic E-state index is -1.14.